The van der Waals surface area contributed by atoms with E-state index in [0.29, 0.717) is 23.6 Å². The summed E-state index contributed by atoms with van der Waals surface area (Å²) in [5.41, 5.74) is 3.05. The zero-order valence-electron chi connectivity index (χ0n) is 16.5. The number of amides is 2. The normalized spacial score (nSPS) is 17.5. The molecule has 1 unspecified atom stereocenters. The molecule has 1 saturated heterocycles. The van der Waals surface area contributed by atoms with Crippen molar-refractivity contribution in [1.29, 1.82) is 0 Å². The Morgan fingerprint density at radius 1 is 1.30 bits per heavy atom. The van der Waals surface area contributed by atoms with Crippen molar-refractivity contribution in [2.45, 2.75) is 53.0 Å². The Balaban J connectivity index is 1.89. The fourth-order valence-corrected chi connectivity index (χ4v) is 3.67. The Morgan fingerprint density at radius 3 is 2.70 bits per heavy atom. The van der Waals surface area contributed by atoms with E-state index in [9.17, 15) is 9.59 Å². The lowest BCUT2D eigenvalue weighted by molar-refractivity contribution is -0.121. The van der Waals surface area contributed by atoms with Crippen LogP contribution in [0.15, 0.2) is 28.8 Å². The van der Waals surface area contributed by atoms with E-state index in [1.165, 1.54) is 0 Å². The van der Waals surface area contributed by atoms with Gasteiger partial charge >= 0.3 is 0 Å². The van der Waals surface area contributed by atoms with Gasteiger partial charge in [0.2, 0.25) is 5.91 Å². The number of aryl methyl sites for hydroxylation is 3. The van der Waals surface area contributed by atoms with Gasteiger partial charge in [-0.3, -0.25) is 9.59 Å². The summed E-state index contributed by atoms with van der Waals surface area (Å²) in [4.78, 5) is 29.6. The minimum absolute atomic E-state index is 0.0237. The molecular formula is C21H27N3O3. The highest BCUT2D eigenvalue weighted by molar-refractivity contribution is 6.02. The van der Waals surface area contributed by atoms with Gasteiger partial charge in [0.1, 0.15) is 17.9 Å². The number of unbranched alkanes of at least 4 members (excludes halogenated alkanes) is 1. The van der Waals surface area contributed by atoms with Gasteiger partial charge in [-0.2, -0.15) is 0 Å². The SMILES string of the molecule is CCCCC1CN(c2cccc(C)c2)C(=O)CN1C(=O)c1c(C)noc1C. The summed E-state index contributed by atoms with van der Waals surface area (Å²) in [5, 5.41) is 3.89. The third-order valence-corrected chi connectivity index (χ3v) is 5.15. The molecule has 6 heteroatoms. The zero-order chi connectivity index (χ0) is 19.6. The van der Waals surface area contributed by atoms with E-state index in [-0.39, 0.29) is 24.4 Å². The molecule has 1 aliphatic rings. The number of aromatic nitrogens is 1. The maximum absolute atomic E-state index is 13.2. The van der Waals surface area contributed by atoms with Gasteiger partial charge < -0.3 is 14.3 Å². The first kappa shape index (κ1) is 19.1. The van der Waals surface area contributed by atoms with Crippen LogP contribution in [0, 0.1) is 20.8 Å². The highest BCUT2D eigenvalue weighted by Crippen LogP contribution is 2.26. The van der Waals surface area contributed by atoms with E-state index < -0.39 is 0 Å². The molecule has 1 aromatic heterocycles. The lowest BCUT2D eigenvalue weighted by atomic mass is 10.0. The van der Waals surface area contributed by atoms with Gasteiger partial charge in [-0.15, -0.1) is 0 Å². The minimum atomic E-state index is -0.162. The smallest absolute Gasteiger partial charge is 0.260 e. The number of rotatable bonds is 5. The molecule has 2 amide bonds. The quantitative estimate of drug-likeness (QED) is 0.807. The van der Waals surface area contributed by atoms with E-state index in [1.54, 1.807) is 18.7 Å². The van der Waals surface area contributed by atoms with Gasteiger partial charge in [0.05, 0.1) is 11.7 Å². The average molecular weight is 369 g/mol. The van der Waals surface area contributed by atoms with Gasteiger partial charge in [-0.1, -0.05) is 37.1 Å². The molecule has 0 saturated carbocycles. The van der Waals surface area contributed by atoms with Crippen LogP contribution in [0.25, 0.3) is 0 Å². The van der Waals surface area contributed by atoms with Crippen LogP contribution in [0.3, 0.4) is 0 Å². The van der Waals surface area contributed by atoms with Crippen LogP contribution >= 0.6 is 0 Å². The van der Waals surface area contributed by atoms with Crippen LogP contribution in [0.1, 0.15) is 53.6 Å². The molecule has 0 aliphatic carbocycles. The van der Waals surface area contributed by atoms with E-state index in [2.05, 4.69) is 12.1 Å². The van der Waals surface area contributed by atoms with Crippen molar-refractivity contribution in [3.8, 4) is 0 Å². The topological polar surface area (TPSA) is 66.7 Å². The summed E-state index contributed by atoms with van der Waals surface area (Å²) >= 11 is 0. The Morgan fingerprint density at radius 2 is 2.07 bits per heavy atom. The van der Waals surface area contributed by atoms with Crippen LogP contribution in [-0.4, -0.2) is 41.0 Å². The van der Waals surface area contributed by atoms with Gasteiger partial charge in [0.25, 0.3) is 5.91 Å². The third kappa shape index (κ3) is 3.89. The van der Waals surface area contributed by atoms with E-state index >= 15 is 0 Å². The summed E-state index contributed by atoms with van der Waals surface area (Å²) in [7, 11) is 0. The Hall–Kier alpha value is -2.63. The third-order valence-electron chi connectivity index (χ3n) is 5.15. The van der Waals surface area contributed by atoms with Gasteiger partial charge in [-0.25, -0.2) is 0 Å². The van der Waals surface area contributed by atoms with Gasteiger partial charge in [0.15, 0.2) is 0 Å². The molecule has 2 heterocycles. The average Bonchev–Trinajstić information content (AvgIpc) is 2.98. The number of anilines is 1. The predicted octanol–water partition coefficient (Wildman–Crippen LogP) is 3.65. The van der Waals surface area contributed by atoms with Crippen LogP contribution in [0.4, 0.5) is 5.69 Å². The maximum atomic E-state index is 13.2. The molecule has 144 valence electrons. The fraction of sp³-hybridized carbons (Fsp3) is 0.476. The molecule has 1 fully saturated rings. The van der Waals surface area contributed by atoms with E-state index in [4.69, 9.17) is 4.52 Å². The largest absolute Gasteiger partial charge is 0.361 e. The molecule has 1 aromatic carbocycles. The summed E-state index contributed by atoms with van der Waals surface area (Å²) in [6, 6.07) is 7.92. The van der Waals surface area contributed by atoms with E-state index in [1.807, 2.05) is 36.1 Å². The number of carbonyl (C=O) groups excluding carboxylic acids is 2. The lowest BCUT2D eigenvalue weighted by Gasteiger charge is -2.41. The standard InChI is InChI=1S/C21H27N3O3/c1-5-6-9-18-12-23(17-10-7-8-14(2)11-17)19(25)13-24(18)21(26)20-15(3)22-27-16(20)4/h7-8,10-11,18H,5-6,9,12-13H2,1-4H3. The Labute approximate surface area is 160 Å². The molecule has 0 radical (unpaired) electrons. The Bertz CT molecular complexity index is 823. The van der Waals surface area contributed by atoms with Crippen molar-refractivity contribution >= 4 is 17.5 Å². The molecule has 0 spiro atoms. The zero-order valence-corrected chi connectivity index (χ0v) is 16.5. The molecule has 1 atom stereocenters. The summed E-state index contributed by atoms with van der Waals surface area (Å²) in [6.45, 7) is 8.23. The monoisotopic (exact) mass is 369 g/mol. The van der Waals surface area contributed by atoms with Crippen LogP contribution in [-0.2, 0) is 4.79 Å². The van der Waals surface area contributed by atoms with Crippen molar-refractivity contribution in [2.24, 2.45) is 0 Å². The first-order valence-electron chi connectivity index (χ1n) is 9.53. The number of carbonyl (C=O) groups is 2. The molecule has 6 nitrogen and oxygen atoms in total. The first-order valence-corrected chi connectivity index (χ1v) is 9.53. The van der Waals surface area contributed by atoms with Crippen LogP contribution in [0.5, 0.6) is 0 Å². The fourth-order valence-electron chi connectivity index (χ4n) is 3.67. The Kier molecular flexibility index (Phi) is 5.63. The first-order chi connectivity index (χ1) is 12.9. The van der Waals surface area contributed by atoms with Crippen molar-refractivity contribution in [1.82, 2.24) is 10.1 Å². The summed E-state index contributed by atoms with van der Waals surface area (Å²) in [5.74, 6) is 0.276. The van der Waals surface area contributed by atoms with E-state index in [0.717, 1.165) is 30.5 Å². The number of hydrogen-bond acceptors (Lipinski definition) is 4. The van der Waals surface area contributed by atoms with Gasteiger partial charge in [0, 0.05) is 12.2 Å². The number of nitrogens with zero attached hydrogens (tertiary/aromatic N) is 3. The molecule has 27 heavy (non-hydrogen) atoms. The second kappa shape index (κ2) is 7.94. The van der Waals surface area contributed by atoms with Crippen molar-refractivity contribution < 1.29 is 14.1 Å². The van der Waals surface area contributed by atoms with Crippen molar-refractivity contribution in [2.75, 3.05) is 18.0 Å². The number of benzene rings is 1. The van der Waals surface area contributed by atoms with Gasteiger partial charge in [-0.05, 0) is 44.9 Å². The summed E-state index contributed by atoms with van der Waals surface area (Å²) < 4.78 is 5.16. The minimum Gasteiger partial charge on any atom is -0.361 e. The second-order valence-corrected chi connectivity index (χ2v) is 7.27. The predicted molar refractivity (Wildman–Crippen MR) is 104 cm³/mol. The maximum Gasteiger partial charge on any atom is 0.260 e. The highest BCUT2D eigenvalue weighted by atomic mass is 16.5. The molecule has 0 bridgehead atoms. The number of piperazine rings is 1. The summed E-state index contributed by atoms with van der Waals surface area (Å²) in [6.07, 6.45) is 2.91. The molecule has 3 rings (SSSR count). The highest BCUT2D eigenvalue weighted by Gasteiger charge is 2.37. The van der Waals surface area contributed by atoms with Crippen LogP contribution < -0.4 is 4.90 Å². The van der Waals surface area contributed by atoms with Crippen LogP contribution in [0.2, 0.25) is 0 Å². The second-order valence-electron chi connectivity index (χ2n) is 7.27. The number of hydrogen-bond donors (Lipinski definition) is 0. The van der Waals surface area contributed by atoms with Crippen molar-refractivity contribution in [3.63, 3.8) is 0 Å². The lowest BCUT2D eigenvalue weighted by Crippen LogP contribution is -2.58. The molecular weight excluding hydrogens is 342 g/mol. The molecule has 2 aromatic rings. The molecule has 0 N–H and O–H groups in total. The van der Waals surface area contributed by atoms with Crippen molar-refractivity contribution in [3.05, 3.63) is 46.8 Å². The molecule has 1 aliphatic heterocycles.